The molecule has 0 aromatic heterocycles. The van der Waals surface area contributed by atoms with Crippen LogP contribution in [0, 0.1) is 5.92 Å². The second-order valence-corrected chi connectivity index (χ2v) is 6.64. The highest BCUT2D eigenvalue weighted by molar-refractivity contribution is 5.90. The standard InChI is InChI=1S/C20H29N3O3/c1-3-26-19(24)11-8-17-6-9-18(10-7-17)22-20(25)21-12-14-23-13-4-5-16(2)15-23/h6-11,16H,3-5,12-15H2,1-2H3,(H2,21,22,25)/b11-8+. The SMILES string of the molecule is CCOC(=O)/C=C/c1ccc(NC(=O)NCCN2CCCC(C)C2)cc1. The summed E-state index contributed by atoms with van der Waals surface area (Å²) in [6, 6.07) is 7.07. The number of likely N-dealkylation sites (tertiary alicyclic amines) is 1. The van der Waals surface area contributed by atoms with Crippen molar-refractivity contribution in [1.29, 1.82) is 0 Å². The number of urea groups is 1. The Labute approximate surface area is 155 Å². The monoisotopic (exact) mass is 359 g/mol. The van der Waals surface area contributed by atoms with E-state index in [2.05, 4.69) is 22.5 Å². The van der Waals surface area contributed by atoms with E-state index in [0.717, 1.165) is 31.1 Å². The van der Waals surface area contributed by atoms with Crippen LogP contribution in [0.1, 0.15) is 32.3 Å². The molecule has 1 unspecified atom stereocenters. The Kier molecular flexibility index (Phi) is 8.15. The van der Waals surface area contributed by atoms with Crippen molar-refractivity contribution in [2.75, 3.05) is 38.1 Å². The first-order valence-corrected chi connectivity index (χ1v) is 9.29. The summed E-state index contributed by atoms with van der Waals surface area (Å²) in [4.78, 5) is 25.7. The summed E-state index contributed by atoms with van der Waals surface area (Å²) >= 11 is 0. The number of nitrogens with zero attached hydrogens (tertiary/aromatic N) is 1. The van der Waals surface area contributed by atoms with Crippen molar-refractivity contribution >= 4 is 23.8 Å². The van der Waals surface area contributed by atoms with Gasteiger partial charge in [0.2, 0.25) is 0 Å². The third-order valence-corrected chi connectivity index (χ3v) is 4.32. The van der Waals surface area contributed by atoms with Gasteiger partial charge >= 0.3 is 12.0 Å². The van der Waals surface area contributed by atoms with Crippen molar-refractivity contribution < 1.29 is 14.3 Å². The van der Waals surface area contributed by atoms with E-state index < -0.39 is 0 Å². The first kappa shape index (κ1) is 20.0. The summed E-state index contributed by atoms with van der Waals surface area (Å²) in [6.07, 6.45) is 5.61. The molecule has 0 saturated carbocycles. The van der Waals surface area contributed by atoms with Crippen molar-refractivity contribution in [2.45, 2.75) is 26.7 Å². The maximum Gasteiger partial charge on any atom is 0.330 e. The van der Waals surface area contributed by atoms with E-state index >= 15 is 0 Å². The summed E-state index contributed by atoms with van der Waals surface area (Å²) in [7, 11) is 0. The number of amides is 2. The Morgan fingerprint density at radius 1 is 1.31 bits per heavy atom. The molecule has 0 bridgehead atoms. The van der Waals surface area contributed by atoms with Gasteiger partial charge in [-0.25, -0.2) is 9.59 Å². The number of carbonyl (C=O) groups excluding carboxylic acids is 2. The normalized spacial score (nSPS) is 17.8. The van der Waals surface area contributed by atoms with E-state index in [0.29, 0.717) is 18.8 Å². The van der Waals surface area contributed by atoms with E-state index in [-0.39, 0.29) is 12.0 Å². The van der Waals surface area contributed by atoms with Crippen LogP contribution in [-0.2, 0) is 9.53 Å². The van der Waals surface area contributed by atoms with Gasteiger partial charge in [0.05, 0.1) is 6.61 Å². The Morgan fingerprint density at radius 3 is 2.77 bits per heavy atom. The number of carbonyl (C=O) groups is 2. The van der Waals surface area contributed by atoms with Crippen molar-refractivity contribution in [2.24, 2.45) is 5.92 Å². The fourth-order valence-corrected chi connectivity index (χ4v) is 3.02. The molecule has 26 heavy (non-hydrogen) atoms. The van der Waals surface area contributed by atoms with Crippen LogP contribution in [0.5, 0.6) is 0 Å². The second kappa shape index (κ2) is 10.6. The molecular formula is C20H29N3O3. The average Bonchev–Trinajstić information content (AvgIpc) is 2.61. The molecule has 1 aromatic rings. The summed E-state index contributed by atoms with van der Waals surface area (Å²) in [6.45, 7) is 8.16. The maximum absolute atomic E-state index is 12.0. The number of benzene rings is 1. The lowest BCUT2D eigenvalue weighted by atomic mass is 10.0. The molecule has 0 radical (unpaired) electrons. The smallest absolute Gasteiger partial charge is 0.330 e. The molecule has 0 spiro atoms. The van der Waals surface area contributed by atoms with Gasteiger partial charge in [0.15, 0.2) is 0 Å². The minimum Gasteiger partial charge on any atom is -0.463 e. The van der Waals surface area contributed by atoms with Crippen LogP contribution in [0.25, 0.3) is 6.08 Å². The van der Waals surface area contributed by atoms with Crippen molar-refractivity contribution in [1.82, 2.24) is 10.2 Å². The van der Waals surface area contributed by atoms with E-state index in [1.807, 2.05) is 12.1 Å². The van der Waals surface area contributed by atoms with Crippen molar-refractivity contribution in [3.63, 3.8) is 0 Å². The molecular weight excluding hydrogens is 330 g/mol. The number of hydrogen-bond acceptors (Lipinski definition) is 4. The number of piperidine rings is 1. The topological polar surface area (TPSA) is 70.7 Å². The number of nitrogens with one attached hydrogen (secondary N) is 2. The molecule has 142 valence electrons. The Hall–Kier alpha value is -2.34. The number of anilines is 1. The molecule has 0 aliphatic carbocycles. The van der Waals surface area contributed by atoms with Gasteiger partial charge in [0.25, 0.3) is 0 Å². The zero-order valence-corrected chi connectivity index (χ0v) is 15.7. The van der Waals surface area contributed by atoms with E-state index in [9.17, 15) is 9.59 Å². The fraction of sp³-hybridized carbons (Fsp3) is 0.500. The molecule has 1 saturated heterocycles. The predicted octanol–water partition coefficient (Wildman–Crippen LogP) is 3.12. The fourth-order valence-electron chi connectivity index (χ4n) is 3.02. The highest BCUT2D eigenvalue weighted by Gasteiger charge is 2.15. The van der Waals surface area contributed by atoms with Gasteiger partial charge in [0, 0.05) is 31.4 Å². The quantitative estimate of drug-likeness (QED) is 0.580. The van der Waals surface area contributed by atoms with Gasteiger partial charge in [-0.3, -0.25) is 0 Å². The molecule has 6 heteroatoms. The van der Waals surface area contributed by atoms with Crippen LogP contribution in [0.4, 0.5) is 10.5 Å². The van der Waals surface area contributed by atoms with Gasteiger partial charge in [-0.05, 0) is 56.0 Å². The van der Waals surface area contributed by atoms with Crippen molar-refractivity contribution in [3.8, 4) is 0 Å². The highest BCUT2D eigenvalue weighted by Crippen LogP contribution is 2.14. The first-order valence-electron chi connectivity index (χ1n) is 9.29. The molecule has 1 aliphatic heterocycles. The zero-order valence-electron chi connectivity index (χ0n) is 15.7. The number of hydrogen-bond donors (Lipinski definition) is 2. The molecule has 2 amide bonds. The summed E-state index contributed by atoms with van der Waals surface area (Å²) < 4.78 is 4.83. The molecule has 2 N–H and O–H groups in total. The van der Waals surface area contributed by atoms with Crippen LogP contribution >= 0.6 is 0 Å². The molecule has 1 aliphatic rings. The lowest BCUT2D eigenvalue weighted by molar-refractivity contribution is -0.137. The van der Waals surface area contributed by atoms with Crippen LogP contribution in [0.2, 0.25) is 0 Å². The Bertz CT molecular complexity index is 613. The third kappa shape index (κ3) is 7.27. The molecule has 6 nitrogen and oxygen atoms in total. The zero-order chi connectivity index (χ0) is 18.8. The minimum absolute atomic E-state index is 0.204. The third-order valence-electron chi connectivity index (χ3n) is 4.32. The first-order chi connectivity index (χ1) is 12.6. The van der Waals surface area contributed by atoms with Crippen LogP contribution < -0.4 is 10.6 Å². The average molecular weight is 359 g/mol. The van der Waals surface area contributed by atoms with E-state index in [1.54, 1.807) is 25.1 Å². The summed E-state index contributed by atoms with van der Waals surface area (Å²) in [5.74, 6) is 0.381. The molecule has 1 aromatic carbocycles. The molecule has 1 heterocycles. The van der Waals surface area contributed by atoms with Crippen LogP contribution in [0.15, 0.2) is 30.3 Å². The van der Waals surface area contributed by atoms with Crippen molar-refractivity contribution in [3.05, 3.63) is 35.9 Å². The number of ether oxygens (including phenoxy) is 1. The number of esters is 1. The second-order valence-electron chi connectivity index (χ2n) is 6.64. The van der Waals surface area contributed by atoms with Gasteiger partial charge in [-0.1, -0.05) is 19.1 Å². The van der Waals surface area contributed by atoms with Gasteiger partial charge < -0.3 is 20.3 Å². The van der Waals surface area contributed by atoms with E-state index in [1.165, 1.54) is 18.9 Å². The largest absolute Gasteiger partial charge is 0.463 e. The Balaban J connectivity index is 1.70. The molecule has 2 rings (SSSR count). The van der Waals surface area contributed by atoms with Gasteiger partial charge in [-0.15, -0.1) is 0 Å². The van der Waals surface area contributed by atoms with Crippen LogP contribution in [0.3, 0.4) is 0 Å². The molecule has 1 fully saturated rings. The highest BCUT2D eigenvalue weighted by atomic mass is 16.5. The maximum atomic E-state index is 12.0. The number of rotatable bonds is 7. The van der Waals surface area contributed by atoms with Crippen LogP contribution in [-0.4, -0.2) is 49.7 Å². The summed E-state index contributed by atoms with van der Waals surface area (Å²) in [5.41, 5.74) is 1.57. The predicted molar refractivity (Wildman–Crippen MR) is 104 cm³/mol. The van der Waals surface area contributed by atoms with Gasteiger partial charge in [0.1, 0.15) is 0 Å². The summed E-state index contributed by atoms with van der Waals surface area (Å²) in [5, 5.41) is 5.71. The Morgan fingerprint density at radius 2 is 2.08 bits per heavy atom. The van der Waals surface area contributed by atoms with E-state index in [4.69, 9.17) is 4.74 Å². The lowest BCUT2D eigenvalue weighted by Gasteiger charge is -2.30. The lowest BCUT2D eigenvalue weighted by Crippen LogP contribution is -2.41. The van der Waals surface area contributed by atoms with Gasteiger partial charge in [-0.2, -0.15) is 0 Å². The molecule has 1 atom stereocenters. The minimum atomic E-state index is -0.364.